The Balaban J connectivity index is 1.29. The molecule has 0 aromatic heterocycles. The fraction of sp³-hybridized carbons (Fsp3) is 0.650. The maximum atomic E-state index is 5.73. The fourth-order valence-corrected chi connectivity index (χ4v) is 3.33. The number of ether oxygens (including phenoxy) is 2. The van der Waals surface area contributed by atoms with E-state index in [9.17, 15) is 0 Å². The summed E-state index contributed by atoms with van der Waals surface area (Å²) in [6.07, 6.45) is 4.62. The lowest BCUT2D eigenvalue weighted by Gasteiger charge is -2.19. The highest BCUT2D eigenvalue weighted by molar-refractivity contribution is 5.79. The third-order valence-electron chi connectivity index (χ3n) is 5.19. The highest BCUT2D eigenvalue weighted by Crippen LogP contribution is 2.47. The minimum absolute atomic E-state index is 0.297. The molecule has 1 saturated heterocycles. The van der Waals surface area contributed by atoms with Crippen LogP contribution in [0.2, 0.25) is 0 Å². The number of nitrogens with one attached hydrogen (secondary N) is 2. The highest BCUT2D eigenvalue weighted by atomic mass is 16.5. The first-order valence-electron chi connectivity index (χ1n) is 9.48. The summed E-state index contributed by atoms with van der Waals surface area (Å²) in [6, 6.07) is 10.8. The minimum atomic E-state index is 0.297. The number of hydrogen-bond acceptors (Lipinski definition) is 3. The van der Waals surface area contributed by atoms with Crippen LogP contribution < -0.4 is 10.6 Å². The Kier molecular flexibility index (Phi) is 6.70. The molecule has 1 aromatic rings. The lowest BCUT2D eigenvalue weighted by atomic mass is 9.96. The minimum Gasteiger partial charge on any atom is -0.381 e. The lowest BCUT2D eigenvalue weighted by molar-refractivity contribution is 0.0888. The predicted octanol–water partition coefficient (Wildman–Crippen LogP) is 2.33. The Labute approximate surface area is 151 Å². The van der Waals surface area contributed by atoms with Crippen LogP contribution in [-0.2, 0) is 14.9 Å². The molecule has 2 fully saturated rings. The van der Waals surface area contributed by atoms with Crippen LogP contribution in [0.4, 0.5) is 0 Å². The van der Waals surface area contributed by atoms with E-state index >= 15 is 0 Å². The van der Waals surface area contributed by atoms with Gasteiger partial charge in [-0.1, -0.05) is 30.3 Å². The van der Waals surface area contributed by atoms with Crippen molar-refractivity contribution in [2.75, 3.05) is 46.6 Å². The van der Waals surface area contributed by atoms with Gasteiger partial charge in [0.2, 0.25) is 0 Å². The smallest absolute Gasteiger partial charge is 0.191 e. The normalized spacial score (nSPS) is 22.0. The summed E-state index contributed by atoms with van der Waals surface area (Å²) < 4.78 is 11.1. The molecule has 1 aliphatic carbocycles. The Morgan fingerprint density at radius 1 is 1.28 bits per heavy atom. The Bertz CT molecular complexity index is 537. The monoisotopic (exact) mass is 345 g/mol. The largest absolute Gasteiger partial charge is 0.381 e. The van der Waals surface area contributed by atoms with Gasteiger partial charge < -0.3 is 20.1 Å². The predicted molar refractivity (Wildman–Crippen MR) is 101 cm³/mol. The van der Waals surface area contributed by atoms with Crippen molar-refractivity contribution in [1.29, 1.82) is 0 Å². The number of aliphatic imine (C=N–C) groups is 1. The van der Waals surface area contributed by atoms with Crippen molar-refractivity contribution in [3.05, 3.63) is 35.9 Å². The van der Waals surface area contributed by atoms with Gasteiger partial charge in [-0.05, 0) is 31.2 Å². The van der Waals surface area contributed by atoms with Crippen molar-refractivity contribution in [1.82, 2.24) is 10.6 Å². The number of rotatable bonds is 9. The highest BCUT2D eigenvalue weighted by Gasteiger charge is 2.43. The molecule has 138 valence electrons. The molecule has 0 bridgehead atoms. The molecular formula is C20H31N3O2. The van der Waals surface area contributed by atoms with Gasteiger partial charge in [0.05, 0.1) is 13.2 Å². The molecule has 0 spiro atoms. The first-order valence-corrected chi connectivity index (χ1v) is 9.48. The van der Waals surface area contributed by atoms with E-state index in [1.54, 1.807) is 0 Å². The molecule has 3 rings (SSSR count). The number of nitrogens with zero attached hydrogens (tertiary/aromatic N) is 1. The van der Waals surface area contributed by atoms with Crippen LogP contribution >= 0.6 is 0 Å². The van der Waals surface area contributed by atoms with Crippen molar-refractivity contribution in [3.63, 3.8) is 0 Å². The van der Waals surface area contributed by atoms with Gasteiger partial charge in [-0.2, -0.15) is 0 Å². The molecular weight excluding hydrogens is 314 g/mol. The van der Waals surface area contributed by atoms with Crippen molar-refractivity contribution >= 4 is 5.96 Å². The zero-order chi connectivity index (χ0) is 17.4. The maximum Gasteiger partial charge on any atom is 0.191 e. The van der Waals surface area contributed by atoms with Gasteiger partial charge >= 0.3 is 0 Å². The maximum absolute atomic E-state index is 5.73. The molecule has 5 heteroatoms. The van der Waals surface area contributed by atoms with Gasteiger partial charge in [0.1, 0.15) is 0 Å². The van der Waals surface area contributed by atoms with Crippen LogP contribution in [0, 0.1) is 5.92 Å². The molecule has 0 radical (unpaired) electrons. The average Bonchev–Trinajstić information content (AvgIpc) is 3.27. The second kappa shape index (κ2) is 9.20. The third-order valence-corrected chi connectivity index (χ3v) is 5.19. The molecule has 25 heavy (non-hydrogen) atoms. The molecule has 1 heterocycles. The quantitative estimate of drug-likeness (QED) is 0.410. The summed E-state index contributed by atoms with van der Waals surface area (Å²) in [5.74, 6) is 1.47. The van der Waals surface area contributed by atoms with Crippen LogP contribution in [0.5, 0.6) is 0 Å². The second-order valence-electron chi connectivity index (χ2n) is 7.16. The van der Waals surface area contributed by atoms with E-state index in [0.717, 1.165) is 58.3 Å². The van der Waals surface area contributed by atoms with E-state index in [4.69, 9.17) is 9.47 Å². The Hall–Kier alpha value is -1.59. The van der Waals surface area contributed by atoms with Gasteiger partial charge in [0.15, 0.2) is 5.96 Å². The van der Waals surface area contributed by atoms with Gasteiger partial charge in [0.25, 0.3) is 0 Å². The van der Waals surface area contributed by atoms with E-state index in [0.29, 0.717) is 11.3 Å². The van der Waals surface area contributed by atoms with E-state index in [2.05, 4.69) is 46.0 Å². The molecule has 2 aliphatic rings. The van der Waals surface area contributed by atoms with Gasteiger partial charge in [0, 0.05) is 44.7 Å². The van der Waals surface area contributed by atoms with Crippen molar-refractivity contribution in [3.8, 4) is 0 Å². The molecule has 5 nitrogen and oxygen atoms in total. The number of guanidine groups is 1. The van der Waals surface area contributed by atoms with E-state index in [1.807, 2.05) is 7.05 Å². The SMILES string of the molecule is CN=C(NCCCOCC1CCOC1)NCC1(c2ccccc2)CC1. The first kappa shape index (κ1) is 18.2. The fourth-order valence-electron chi connectivity index (χ4n) is 3.33. The van der Waals surface area contributed by atoms with E-state index in [1.165, 1.54) is 18.4 Å². The van der Waals surface area contributed by atoms with E-state index in [-0.39, 0.29) is 0 Å². The molecule has 1 aromatic carbocycles. The van der Waals surface area contributed by atoms with Crippen LogP contribution in [0.15, 0.2) is 35.3 Å². The molecule has 1 atom stereocenters. The van der Waals surface area contributed by atoms with Crippen molar-refractivity contribution in [2.24, 2.45) is 10.9 Å². The average molecular weight is 345 g/mol. The van der Waals surface area contributed by atoms with Gasteiger partial charge in [-0.15, -0.1) is 0 Å². The van der Waals surface area contributed by atoms with Crippen molar-refractivity contribution < 1.29 is 9.47 Å². The van der Waals surface area contributed by atoms with Crippen LogP contribution in [0.1, 0.15) is 31.2 Å². The topological polar surface area (TPSA) is 54.9 Å². The molecule has 1 unspecified atom stereocenters. The summed E-state index contributed by atoms with van der Waals surface area (Å²) in [4.78, 5) is 4.33. The summed E-state index contributed by atoms with van der Waals surface area (Å²) in [7, 11) is 1.83. The summed E-state index contributed by atoms with van der Waals surface area (Å²) in [6.45, 7) is 5.18. The third kappa shape index (κ3) is 5.44. The zero-order valence-electron chi connectivity index (χ0n) is 15.3. The van der Waals surface area contributed by atoms with E-state index < -0.39 is 0 Å². The molecule has 2 N–H and O–H groups in total. The number of benzene rings is 1. The number of hydrogen-bond donors (Lipinski definition) is 2. The van der Waals surface area contributed by atoms with Gasteiger partial charge in [-0.3, -0.25) is 4.99 Å². The zero-order valence-corrected chi connectivity index (χ0v) is 15.3. The Morgan fingerprint density at radius 2 is 2.12 bits per heavy atom. The van der Waals surface area contributed by atoms with Crippen LogP contribution in [0.3, 0.4) is 0 Å². The van der Waals surface area contributed by atoms with Crippen LogP contribution in [-0.4, -0.2) is 52.5 Å². The summed E-state index contributed by atoms with van der Waals surface area (Å²) in [5.41, 5.74) is 1.73. The standard InChI is InChI=1S/C20H31N3O2/c1-21-19(22-11-5-12-24-14-17-8-13-25-15-17)23-16-20(9-10-20)18-6-3-2-4-7-18/h2-4,6-7,17H,5,8-16H2,1H3,(H2,21,22,23). The van der Waals surface area contributed by atoms with Gasteiger partial charge in [-0.25, -0.2) is 0 Å². The van der Waals surface area contributed by atoms with Crippen LogP contribution in [0.25, 0.3) is 0 Å². The lowest BCUT2D eigenvalue weighted by Crippen LogP contribution is -2.41. The second-order valence-corrected chi connectivity index (χ2v) is 7.16. The first-order chi connectivity index (χ1) is 12.3. The summed E-state index contributed by atoms with van der Waals surface area (Å²) >= 11 is 0. The summed E-state index contributed by atoms with van der Waals surface area (Å²) in [5, 5.41) is 6.87. The van der Waals surface area contributed by atoms with Crippen molar-refractivity contribution in [2.45, 2.75) is 31.1 Å². The molecule has 0 amide bonds. The Morgan fingerprint density at radius 3 is 2.80 bits per heavy atom. The molecule has 1 aliphatic heterocycles. The molecule has 1 saturated carbocycles.